The fourth-order valence-corrected chi connectivity index (χ4v) is 2.65. The Labute approximate surface area is 139 Å². The normalized spacial score (nSPS) is 10.8. The van der Waals surface area contributed by atoms with Gasteiger partial charge in [0, 0.05) is 5.75 Å². The van der Waals surface area contributed by atoms with Gasteiger partial charge >= 0.3 is 0 Å². The molecule has 0 aromatic rings. The zero-order valence-electron chi connectivity index (χ0n) is 14.4. The molecule has 0 aliphatic carbocycles. The summed E-state index contributed by atoms with van der Waals surface area (Å²) in [6.07, 6.45) is 19.5. The van der Waals surface area contributed by atoms with Gasteiger partial charge in [-0.1, -0.05) is 97.0 Å². The van der Waals surface area contributed by atoms with Crippen molar-refractivity contribution in [3.63, 3.8) is 0 Å². The number of rotatable bonds is 17. The second-order valence-electron chi connectivity index (χ2n) is 6.14. The van der Waals surface area contributed by atoms with Crippen LogP contribution >= 0.6 is 12.6 Å². The van der Waals surface area contributed by atoms with Crippen molar-refractivity contribution < 1.29 is 4.74 Å². The van der Waals surface area contributed by atoms with E-state index in [1.54, 1.807) is 0 Å². The van der Waals surface area contributed by atoms with Crippen molar-refractivity contribution in [1.29, 1.82) is 0 Å². The lowest BCUT2D eigenvalue weighted by molar-refractivity contribution is 0.210. The Bertz CT molecular complexity index is 216. The molecule has 0 fully saturated rings. The van der Waals surface area contributed by atoms with Gasteiger partial charge in [0.25, 0.3) is 0 Å². The Morgan fingerprint density at radius 2 is 1.10 bits per heavy atom. The average molecular weight is 315 g/mol. The summed E-state index contributed by atoms with van der Waals surface area (Å²) < 4.78 is 5.43. The molecule has 0 saturated heterocycles. The minimum Gasteiger partial charge on any atom is -0.498 e. The highest BCUT2D eigenvalue weighted by molar-refractivity contribution is 7.80. The first-order valence-electron chi connectivity index (χ1n) is 9.22. The molecule has 0 aliphatic rings. The van der Waals surface area contributed by atoms with Crippen LogP contribution in [0.3, 0.4) is 0 Å². The molecule has 0 amide bonds. The Morgan fingerprint density at radius 1 is 0.714 bits per heavy atom. The first-order valence-corrected chi connectivity index (χ1v) is 9.86. The third-order valence-electron chi connectivity index (χ3n) is 3.98. The van der Waals surface area contributed by atoms with E-state index in [0.29, 0.717) is 5.75 Å². The molecule has 0 atom stereocenters. The summed E-state index contributed by atoms with van der Waals surface area (Å²) in [7, 11) is 0. The fraction of sp³-hybridized carbons (Fsp3) is 0.895. The molecule has 0 saturated carbocycles. The van der Waals surface area contributed by atoms with Gasteiger partial charge in [-0.3, -0.25) is 0 Å². The minimum atomic E-state index is 0.638. The van der Waals surface area contributed by atoms with Crippen molar-refractivity contribution in [2.45, 2.75) is 96.8 Å². The molecular formula is C19H38OS. The zero-order chi connectivity index (χ0) is 15.6. The van der Waals surface area contributed by atoms with Crippen LogP contribution in [0.4, 0.5) is 0 Å². The standard InChI is InChI=1S/C19H38OS/c1-3-4-5-6-7-8-9-10-11-12-13-14-15-16-17-20-19(2)18-21/h21H,2-18H2,1H3. The lowest BCUT2D eigenvalue weighted by atomic mass is 10.0. The van der Waals surface area contributed by atoms with E-state index in [9.17, 15) is 0 Å². The lowest BCUT2D eigenvalue weighted by Gasteiger charge is -2.06. The largest absolute Gasteiger partial charge is 0.498 e. The van der Waals surface area contributed by atoms with Crippen LogP contribution in [0.25, 0.3) is 0 Å². The first-order chi connectivity index (χ1) is 10.3. The van der Waals surface area contributed by atoms with Crippen molar-refractivity contribution in [2.75, 3.05) is 12.4 Å². The Hall–Kier alpha value is -0.110. The van der Waals surface area contributed by atoms with E-state index in [1.807, 2.05) is 0 Å². The van der Waals surface area contributed by atoms with Gasteiger partial charge in [0.1, 0.15) is 0 Å². The minimum absolute atomic E-state index is 0.638. The van der Waals surface area contributed by atoms with Crippen LogP contribution in [0.2, 0.25) is 0 Å². The van der Waals surface area contributed by atoms with Crippen molar-refractivity contribution in [3.05, 3.63) is 12.3 Å². The van der Waals surface area contributed by atoms with Crippen LogP contribution in [0, 0.1) is 0 Å². The third kappa shape index (κ3) is 17.8. The van der Waals surface area contributed by atoms with Gasteiger partial charge in [-0.2, -0.15) is 12.6 Å². The number of unbranched alkanes of at least 4 members (excludes halogenated alkanes) is 13. The number of ether oxygens (including phenoxy) is 1. The Kier molecular flexibility index (Phi) is 17.8. The van der Waals surface area contributed by atoms with E-state index in [-0.39, 0.29) is 0 Å². The molecule has 0 aromatic carbocycles. The molecule has 0 aromatic heterocycles. The van der Waals surface area contributed by atoms with Crippen molar-refractivity contribution in [3.8, 4) is 0 Å². The van der Waals surface area contributed by atoms with Gasteiger partial charge in [0.15, 0.2) is 0 Å². The van der Waals surface area contributed by atoms with Gasteiger partial charge in [-0.05, 0) is 6.42 Å². The van der Waals surface area contributed by atoms with Gasteiger partial charge < -0.3 is 4.74 Å². The molecular weight excluding hydrogens is 276 g/mol. The van der Waals surface area contributed by atoms with Crippen LogP contribution in [0.5, 0.6) is 0 Å². The highest BCUT2D eigenvalue weighted by Gasteiger charge is 1.95. The molecule has 0 rings (SSSR count). The summed E-state index contributed by atoms with van der Waals surface area (Å²) in [5.41, 5.74) is 0. The van der Waals surface area contributed by atoms with Crippen LogP contribution in [-0.2, 0) is 4.74 Å². The van der Waals surface area contributed by atoms with E-state index in [1.165, 1.54) is 83.5 Å². The molecule has 0 heterocycles. The monoisotopic (exact) mass is 314 g/mol. The quantitative estimate of drug-likeness (QED) is 0.174. The van der Waals surface area contributed by atoms with E-state index in [0.717, 1.165) is 18.8 Å². The number of hydrogen-bond acceptors (Lipinski definition) is 2. The summed E-state index contributed by atoms with van der Waals surface area (Å²) in [5.74, 6) is 1.44. The summed E-state index contributed by atoms with van der Waals surface area (Å²) in [4.78, 5) is 0. The maximum absolute atomic E-state index is 5.43. The first kappa shape index (κ1) is 20.9. The maximum Gasteiger partial charge on any atom is 0.0984 e. The van der Waals surface area contributed by atoms with E-state index >= 15 is 0 Å². The average Bonchev–Trinajstić information content (AvgIpc) is 2.50. The van der Waals surface area contributed by atoms with Gasteiger partial charge in [-0.15, -0.1) is 0 Å². The molecule has 21 heavy (non-hydrogen) atoms. The van der Waals surface area contributed by atoms with Crippen molar-refractivity contribution in [1.82, 2.24) is 0 Å². The number of thiol groups is 1. The molecule has 0 radical (unpaired) electrons. The van der Waals surface area contributed by atoms with Gasteiger partial charge in [0.2, 0.25) is 0 Å². The van der Waals surface area contributed by atoms with Crippen LogP contribution in [0.15, 0.2) is 12.3 Å². The smallest absolute Gasteiger partial charge is 0.0984 e. The molecule has 0 unspecified atom stereocenters. The third-order valence-corrected chi connectivity index (χ3v) is 4.33. The Balaban J connectivity index is 2.98. The SMILES string of the molecule is C=C(CS)OCCCCCCCCCCCCCCCC. The second-order valence-corrected chi connectivity index (χ2v) is 6.46. The van der Waals surface area contributed by atoms with Crippen LogP contribution < -0.4 is 0 Å². The predicted molar refractivity (Wildman–Crippen MR) is 99.3 cm³/mol. The summed E-state index contributed by atoms with van der Waals surface area (Å²) >= 11 is 4.12. The topological polar surface area (TPSA) is 9.23 Å². The highest BCUT2D eigenvalue weighted by atomic mass is 32.1. The second kappa shape index (κ2) is 17.9. The van der Waals surface area contributed by atoms with Crippen molar-refractivity contribution >= 4 is 12.6 Å². The molecule has 0 bridgehead atoms. The van der Waals surface area contributed by atoms with Crippen molar-refractivity contribution in [2.24, 2.45) is 0 Å². The van der Waals surface area contributed by atoms with E-state index in [2.05, 4.69) is 26.1 Å². The van der Waals surface area contributed by atoms with E-state index in [4.69, 9.17) is 4.74 Å². The molecule has 0 N–H and O–H groups in total. The van der Waals surface area contributed by atoms with Gasteiger partial charge in [-0.25, -0.2) is 0 Å². The summed E-state index contributed by atoms with van der Waals surface area (Å²) in [6, 6.07) is 0. The maximum atomic E-state index is 5.43. The fourth-order valence-electron chi connectivity index (χ4n) is 2.56. The molecule has 0 spiro atoms. The summed E-state index contributed by atoms with van der Waals surface area (Å²) in [5, 5.41) is 0. The van der Waals surface area contributed by atoms with Gasteiger partial charge in [0.05, 0.1) is 12.4 Å². The number of hydrogen-bond donors (Lipinski definition) is 1. The highest BCUT2D eigenvalue weighted by Crippen LogP contribution is 2.13. The molecule has 126 valence electrons. The van der Waals surface area contributed by atoms with Crippen LogP contribution in [0.1, 0.15) is 96.8 Å². The lowest BCUT2D eigenvalue weighted by Crippen LogP contribution is -1.95. The van der Waals surface area contributed by atoms with E-state index < -0.39 is 0 Å². The zero-order valence-corrected chi connectivity index (χ0v) is 15.3. The summed E-state index contributed by atoms with van der Waals surface area (Å²) in [6.45, 7) is 6.88. The Morgan fingerprint density at radius 3 is 1.48 bits per heavy atom. The predicted octanol–water partition coefficient (Wildman–Crippen LogP) is 6.93. The molecule has 0 aliphatic heterocycles. The van der Waals surface area contributed by atoms with Crippen LogP contribution in [-0.4, -0.2) is 12.4 Å². The molecule has 1 nitrogen and oxygen atoms in total. The molecule has 2 heteroatoms.